The summed E-state index contributed by atoms with van der Waals surface area (Å²) in [6, 6.07) is 5.82. The van der Waals surface area contributed by atoms with E-state index in [4.69, 9.17) is 0 Å². The molecule has 0 unspecified atom stereocenters. The molecule has 1 aromatic carbocycles. The van der Waals surface area contributed by atoms with Crippen molar-refractivity contribution in [1.82, 2.24) is 15.0 Å². The van der Waals surface area contributed by atoms with Crippen molar-refractivity contribution in [1.29, 1.82) is 0 Å². The van der Waals surface area contributed by atoms with E-state index in [1.807, 2.05) is 13.0 Å². The molecule has 7 heteroatoms. The Morgan fingerprint density at radius 3 is 2.62 bits per heavy atom. The first-order valence-electron chi connectivity index (χ1n) is 6.04. The lowest BCUT2D eigenvalue weighted by Crippen LogP contribution is -2.06. The van der Waals surface area contributed by atoms with Crippen LogP contribution < -0.4 is 0 Å². The molecule has 3 nitrogen and oxygen atoms in total. The van der Waals surface area contributed by atoms with E-state index in [1.165, 1.54) is 6.07 Å². The number of benzene rings is 1. The smallest absolute Gasteiger partial charge is 0.336 e. The maximum Gasteiger partial charge on any atom is 0.417 e. The Labute approximate surface area is 126 Å². The van der Waals surface area contributed by atoms with Gasteiger partial charge in [-0.2, -0.15) is 13.2 Å². The van der Waals surface area contributed by atoms with E-state index in [-0.39, 0.29) is 4.47 Å². The van der Waals surface area contributed by atoms with Gasteiger partial charge in [0.25, 0.3) is 0 Å². The van der Waals surface area contributed by atoms with E-state index in [0.29, 0.717) is 17.0 Å². The van der Waals surface area contributed by atoms with Crippen LogP contribution in [0.3, 0.4) is 0 Å². The van der Waals surface area contributed by atoms with Gasteiger partial charge in [0.15, 0.2) is 5.65 Å². The van der Waals surface area contributed by atoms with Gasteiger partial charge in [-0.15, -0.1) is 0 Å². The number of aromatic amines is 1. The Kier molecular flexibility index (Phi) is 3.24. The Morgan fingerprint density at radius 1 is 1.19 bits per heavy atom. The number of H-pyrrole nitrogens is 1. The van der Waals surface area contributed by atoms with Gasteiger partial charge in [0, 0.05) is 16.2 Å². The third kappa shape index (κ3) is 2.53. The van der Waals surface area contributed by atoms with Crippen LogP contribution in [0.4, 0.5) is 13.2 Å². The van der Waals surface area contributed by atoms with Gasteiger partial charge in [-0.05, 0) is 30.7 Å². The second-order valence-corrected chi connectivity index (χ2v) is 5.46. The van der Waals surface area contributed by atoms with Gasteiger partial charge in [-0.1, -0.05) is 22.0 Å². The number of aryl methyl sites for hydroxylation is 1. The average Bonchev–Trinajstić information content (AvgIpc) is 2.83. The lowest BCUT2D eigenvalue weighted by atomic mass is 10.1. The van der Waals surface area contributed by atoms with Crippen molar-refractivity contribution in [3.8, 4) is 11.4 Å². The van der Waals surface area contributed by atoms with Gasteiger partial charge in [-0.25, -0.2) is 9.97 Å². The van der Waals surface area contributed by atoms with Crippen LogP contribution in [0.2, 0.25) is 0 Å². The van der Waals surface area contributed by atoms with Crippen molar-refractivity contribution in [2.45, 2.75) is 13.1 Å². The number of pyridine rings is 1. The highest BCUT2D eigenvalue weighted by Crippen LogP contribution is 2.37. The van der Waals surface area contributed by atoms with E-state index < -0.39 is 11.7 Å². The molecule has 3 rings (SSSR count). The SMILES string of the molecule is Cc1ccnc2nc(-c3ccc(Br)c(C(F)(F)F)c3)[nH]c12. The summed E-state index contributed by atoms with van der Waals surface area (Å²) in [4.78, 5) is 11.4. The Balaban J connectivity index is 2.17. The molecule has 0 spiro atoms. The third-order valence-electron chi connectivity index (χ3n) is 3.15. The number of nitrogens with zero attached hydrogens (tertiary/aromatic N) is 2. The van der Waals surface area contributed by atoms with Gasteiger partial charge >= 0.3 is 6.18 Å². The summed E-state index contributed by atoms with van der Waals surface area (Å²) in [6.07, 6.45) is -2.81. The molecule has 0 radical (unpaired) electrons. The Hall–Kier alpha value is -1.89. The van der Waals surface area contributed by atoms with Crippen molar-refractivity contribution < 1.29 is 13.2 Å². The highest BCUT2D eigenvalue weighted by Gasteiger charge is 2.33. The van der Waals surface area contributed by atoms with E-state index in [9.17, 15) is 13.2 Å². The molecule has 0 fully saturated rings. The summed E-state index contributed by atoms with van der Waals surface area (Å²) in [6.45, 7) is 1.88. The standard InChI is InChI=1S/C14H9BrF3N3/c1-7-4-5-19-13-11(7)20-12(21-13)8-2-3-10(15)9(6-8)14(16,17)18/h2-6H,1H3,(H,19,20,21). The predicted molar refractivity (Wildman–Crippen MR) is 76.8 cm³/mol. The molecule has 0 aliphatic rings. The van der Waals surface area contributed by atoms with Crippen LogP contribution >= 0.6 is 15.9 Å². The van der Waals surface area contributed by atoms with Crippen molar-refractivity contribution in [3.63, 3.8) is 0 Å². The molecule has 2 heterocycles. The number of hydrogen-bond donors (Lipinski definition) is 1. The quantitative estimate of drug-likeness (QED) is 0.686. The minimum absolute atomic E-state index is 0.00386. The Bertz CT molecular complexity index is 824. The fraction of sp³-hybridized carbons (Fsp3) is 0.143. The molecule has 3 aromatic rings. The minimum atomic E-state index is -4.42. The second-order valence-electron chi connectivity index (χ2n) is 4.60. The topological polar surface area (TPSA) is 41.6 Å². The predicted octanol–water partition coefficient (Wildman–Crippen LogP) is 4.71. The largest absolute Gasteiger partial charge is 0.417 e. The van der Waals surface area contributed by atoms with E-state index >= 15 is 0 Å². The molecule has 21 heavy (non-hydrogen) atoms. The summed E-state index contributed by atoms with van der Waals surface area (Å²) >= 11 is 2.92. The molecular formula is C14H9BrF3N3. The summed E-state index contributed by atoms with van der Waals surface area (Å²) in [5.41, 5.74) is 1.78. The first-order valence-corrected chi connectivity index (χ1v) is 6.84. The van der Waals surface area contributed by atoms with Gasteiger partial charge < -0.3 is 4.98 Å². The van der Waals surface area contributed by atoms with Crippen molar-refractivity contribution in [3.05, 3.63) is 46.1 Å². The maximum absolute atomic E-state index is 12.9. The number of nitrogens with one attached hydrogen (secondary N) is 1. The van der Waals surface area contributed by atoms with Crippen molar-refractivity contribution in [2.24, 2.45) is 0 Å². The van der Waals surface area contributed by atoms with Crippen LogP contribution in [0.5, 0.6) is 0 Å². The summed E-state index contributed by atoms with van der Waals surface area (Å²) < 4.78 is 38.8. The van der Waals surface area contributed by atoms with Gasteiger partial charge in [0.2, 0.25) is 0 Å². The number of alkyl halides is 3. The highest BCUT2D eigenvalue weighted by atomic mass is 79.9. The lowest BCUT2D eigenvalue weighted by molar-refractivity contribution is -0.138. The normalized spacial score (nSPS) is 12.0. The Morgan fingerprint density at radius 2 is 1.95 bits per heavy atom. The zero-order valence-corrected chi connectivity index (χ0v) is 12.4. The first kappa shape index (κ1) is 14.1. The monoisotopic (exact) mass is 355 g/mol. The second kappa shape index (κ2) is 4.84. The number of aromatic nitrogens is 3. The van der Waals surface area contributed by atoms with Gasteiger partial charge in [0.05, 0.1) is 11.1 Å². The minimum Gasteiger partial charge on any atom is -0.336 e. The number of rotatable bonds is 1. The molecular weight excluding hydrogens is 347 g/mol. The lowest BCUT2D eigenvalue weighted by Gasteiger charge is -2.10. The number of fused-ring (bicyclic) bond motifs is 1. The molecule has 2 aromatic heterocycles. The molecule has 1 N–H and O–H groups in total. The first-order chi connectivity index (χ1) is 9.86. The van der Waals surface area contributed by atoms with Crippen LogP contribution in [0.1, 0.15) is 11.1 Å². The number of imidazole rings is 1. The number of halogens is 4. The fourth-order valence-electron chi connectivity index (χ4n) is 2.06. The van der Waals surface area contributed by atoms with Crippen molar-refractivity contribution >= 4 is 27.1 Å². The van der Waals surface area contributed by atoms with Crippen molar-refractivity contribution in [2.75, 3.05) is 0 Å². The third-order valence-corrected chi connectivity index (χ3v) is 3.84. The summed E-state index contributed by atoms with van der Waals surface area (Å²) in [5, 5.41) is 0. The zero-order chi connectivity index (χ0) is 15.2. The molecule has 0 amide bonds. The molecule has 0 aliphatic heterocycles. The molecule has 0 bridgehead atoms. The van der Waals surface area contributed by atoms with Gasteiger partial charge in [-0.3, -0.25) is 0 Å². The number of hydrogen-bond acceptors (Lipinski definition) is 2. The van der Waals surface area contributed by atoms with E-state index in [1.54, 1.807) is 12.3 Å². The molecule has 0 saturated heterocycles. The fourth-order valence-corrected chi connectivity index (χ4v) is 2.53. The van der Waals surface area contributed by atoms with Gasteiger partial charge in [0.1, 0.15) is 5.82 Å². The van der Waals surface area contributed by atoms with Crippen LogP contribution in [-0.2, 0) is 6.18 Å². The van der Waals surface area contributed by atoms with Crippen LogP contribution in [0.25, 0.3) is 22.6 Å². The van der Waals surface area contributed by atoms with Crippen LogP contribution in [0.15, 0.2) is 34.9 Å². The molecule has 108 valence electrons. The average molecular weight is 356 g/mol. The van der Waals surface area contributed by atoms with Crippen LogP contribution in [0, 0.1) is 6.92 Å². The zero-order valence-electron chi connectivity index (χ0n) is 10.8. The van der Waals surface area contributed by atoms with E-state index in [2.05, 4.69) is 30.9 Å². The van der Waals surface area contributed by atoms with E-state index in [0.717, 1.165) is 17.1 Å². The highest BCUT2D eigenvalue weighted by molar-refractivity contribution is 9.10. The summed E-state index contributed by atoms with van der Waals surface area (Å²) in [7, 11) is 0. The molecule has 0 atom stereocenters. The van der Waals surface area contributed by atoms with Crippen LogP contribution in [-0.4, -0.2) is 15.0 Å². The molecule has 0 aliphatic carbocycles. The maximum atomic E-state index is 12.9. The molecule has 0 saturated carbocycles. The summed E-state index contributed by atoms with van der Waals surface area (Å²) in [5.74, 6) is 0.366.